The van der Waals surface area contributed by atoms with Crippen LogP contribution in [0, 0.1) is 5.41 Å². The number of rotatable bonds is 8. The Morgan fingerprint density at radius 2 is 2.00 bits per heavy atom. The molecule has 1 unspecified atom stereocenters. The number of amides is 1. The zero-order valence-corrected chi connectivity index (χ0v) is 12.2. The number of hydrogen-bond acceptors (Lipinski definition) is 3. The van der Waals surface area contributed by atoms with Crippen molar-refractivity contribution in [3.8, 4) is 0 Å². The van der Waals surface area contributed by atoms with Crippen molar-refractivity contribution < 1.29 is 19.4 Å². The number of nitrogens with one attached hydrogen (secondary N) is 1. The average Bonchev–Trinajstić information content (AvgIpc) is 3.27. The van der Waals surface area contributed by atoms with E-state index in [9.17, 15) is 14.7 Å². The van der Waals surface area contributed by atoms with Gasteiger partial charge in [-0.15, -0.1) is 0 Å². The van der Waals surface area contributed by atoms with E-state index in [0.29, 0.717) is 18.6 Å². The van der Waals surface area contributed by atoms with Gasteiger partial charge < -0.3 is 15.2 Å². The highest BCUT2D eigenvalue weighted by Gasteiger charge is 2.49. The van der Waals surface area contributed by atoms with Crippen LogP contribution in [0.1, 0.15) is 30.7 Å². The van der Waals surface area contributed by atoms with Crippen molar-refractivity contribution in [1.82, 2.24) is 5.32 Å². The smallest absolute Gasteiger partial charge is 0.312 e. The van der Waals surface area contributed by atoms with E-state index >= 15 is 0 Å². The molecule has 1 fully saturated rings. The van der Waals surface area contributed by atoms with Crippen molar-refractivity contribution in [2.45, 2.75) is 25.2 Å². The third-order valence-corrected chi connectivity index (χ3v) is 4.09. The molecule has 1 aliphatic carbocycles. The topological polar surface area (TPSA) is 75.6 Å². The summed E-state index contributed by atoms with van der Waals surface area (Å²) in [6.07, 6.45) is 2.40. The summed E-state index contributed by atoms with van der Waals surface area (Å²) in [4.78, 5) is 23.6. The Labute approximate surface area is 124 Å². The normalized spacial score (nSPS) is 17.0. The maximum atomic E-state index is 12.2. The number of hydrogen-bond donors (Lipinski definition) is 2. The van der Waals surface area contributed by atoms with Crippen molar-refractivity contribution in [2.75, 3.05) is 20.3 Å². The van der Waals surface area contributed by atoms with E-state index < -0.39 is 11.9 Å². The lowest BCUT2D eigenvalue weighted by atomic mass is 9.97. The maximum Gasteiger partial charge on any atom is 0.312 e. The fourth-order valence-electron chi connectivity index (χ4n) is 2.45. The molecule has 0 aromatic heterocycles. The Morgan fingerprint density at radius 3 is 2.52 bits per heavy atom. The first-order chi connectivity index (χ1) is 10.1. The van der Waals surface area contributed by atoms with Crippen LogP contribution in [0.25, 0.3) is 0 Å². The predicted octanol–water partition coefficient (Wildman–Crippen LogP) is 1.79. The Kier molecular flexibility index (Phi) is 4.96. The van der Waals surface area contributed by atoms with Crippen LogP contribution in [0.4, 0.5) is 0 Å². The quantitative estimate of drug-likeness (QED) is 0.765. The highest BCUT2D eigenvalue weighted by molar-refractivity contribution is 5.86. The number of ether oxygens (including phenoxy) is 1. The van der Waals surface area contributed by atoms with Crippen LogP contribution in [-0.2, 0) is 14.3 Å². The zero-order chi connectivity index (χ0) is 15.3. The fraction of sp³-hybridized carbons (Fsp3) is 0.500. The number of methoxy groups -OCH3 is 1. The molecule has 0 saturated heterocycles. The van der Waals surface area contributed by atoms with E-state index in [4.69, 9.17) is 4.74 Å². The van der Waals surface area contributed by atoms with Gasteiger partial charge >= 0.3 is 5.97 Å². The van der Waals surface area contributed by atoms with E-state index in [0.717, 1.165) is 12.8 Å². The molecule has 0 aliphatic heterocycles. The molecule has 5 heteroatoms. The van der Waals surface area contributed by atoms with E-state index in [1.54, 1.807) is 31.4 Å². The molecule has 1 aromatic rings. The minimum Gasteiger partial charge on any atom is -0.481 e. The van der Waals surface area contributed by atoms with Gasteiger partial charge in [0.15, 0.2) is 0 Å². The third kappa shape index (κ3) is 3.82. The Bertz CT molecular complexity index is 496. The first-order valence-electron chi connectivity index (χ1n) is 7.14. The van der Waals surface area contributed by atoms with Gasteiger partial charge in [0.2, 0.25) is 5.91 Å². The molecule has 0 radical (unpaired) electrons. The third-order valence-electron chi connectivity index (χ3n) is 4.09. The van der Waals surface area contributed by atoms with Gasteiger partial charge in [0.1, 0.15) is 0 Å². The number of carbonyl (C=O) groups is 2. The minimum absolute atomic E-state index is 0.0540. The van der Waals surface area contributed by atoms with Gasteiger partial charge in [-0.1, -0.05) is 30.3 Å². The molecule has 5 nitrogen and oxygen atoms in total. The van der Waals surface area contributed by atoms with Crippen molar-refractivity contribution in [3.05, 3.63) is 35.9 Å². The van der Waals surface area contributed by atoms with E-state index in [1.165, 1.54) is 0 Å². The fourth-order valence-corrected chi connectivity index (χ4v) is 2.45. The van der Waals surface area contributed by atoms with Crippen molar-refractivity contribution in [3.63, 3.8) is 0 Å². The van der Waals surface area contributed by atoms with Crippen LogP contribution < -0.4 is 5.32 Å². The molecule has 1 amide bonds. The van der Waals surface area contributed by atoms with E-state index in [-0.39, 0.29) is 17.9 Å². The highest BCUT2D eigenvalue weighted by atomic mass is 16.5. The lowest BCUT2D eigenvalue weighted by molar-refractivity contribution is -0.138. The van der Waals surface area contributed by atoms with Gasteiger partial charge in [0.05, 0.1) is 11.3 Å². The summed E-state index contributed by atoms with van der Waals surface area (Å²) in [5.41, 5.74) is 0.363. The molecule has 114 valence electrons. The molecule has 21 heavy (non-hydrogen) atoms. The highest BCUT2D eigenvalue weighted by Crippen LogP contribution is 2.49. The summed E-state index contributed by atoms with van der Waals surface area (Å²) >= 11 is 0. The number of aliphatic carboxylic acids is 1. The second kappa shape index (κ2) is 6.72. The first-order valence-corrected chi connectivity index (χ1v) is 7.14. The molecule has 1 atom stereocenters. The molecule has 0 spiro atoms. The van der Waals surface area contributed by atoms with Crippen molar-refractivity contribution in [2.24, 2.45) is 5.41 Å². The molecule has 0 heterocycles. The molecule has 1 saturated carbocycles. The Morgan fingerprint density at radius 1 is 1.33 bits per heavy atom. The van der Waals surface area contributed by atoms with E-state index in [2.05, 4.69) is 5.32 Å². The van der Waals surface area contributed by atoms with Crippen molar-refractivity contribution in [1.29, 1.82) is 0 Å². The van der Waals surface area contributed by atoms with Crippen LogP contribution >= 0.6 is 0 Å². The van der Waals surface area contributed by atoms with Gasteiger partial charge in [-0.3, -0.25) is 9.59 Å². The molecule has 1 aliphatic rings. The molecular formula is C16H21NO4. The van der Waals surface area contributed by atoms with Gasteiger partial charge in [-0.05, 0) is 24.8 Å². The second-order valence-corrected chi connectivity index (χ2v) is 5.53. The van der Waals surface area contributed by atoms with Gasteiger partial charge in [-0.25, -0.2) is 0 Å². The summed E-state index contributed by atoms with van der Waals surface area (Å²) in [6, 6.07) is 8.97. The lowest BCUT2D eigenvalue weighted by Gasteiger charge is -2.18. The standard InChI is InChI=1S/C16H21NO4/c1-21-10-9-16(7-8-16)15(20)17-11-13(14(18)19)12-5-3-2-4-6-12/h2-6,13H,7-11H2,1H3,(H,17,20)(H,18,19). The number of carboxylic acids is 1. The number of carboxylic acid groups (broad SMARTS) is 1. The monoisotopic (exact) mass is 291 g/mol. The Hall–Kier alpha value is -1.88. The molecule has 2 rings (SSSR count). The van der Waals surface area contributed by atoms with Crippen LogP contribution in [0.15, 0.2) is 30.3 Å². The van der Waals surface area contributed by atoms with Gasteiger partial charge in [0.25, 0.3) is 0 Å². The summed E-state index contributed by atoms with van der Waals surface area (Å²) < 4.78 is 5.03. The summed E-state index contributed by atoms with van der Waals surface area (Å²) in [5.74, 6) is -1.70. The van der Waals surface area contributed by atoms with Gasteiger partial charge in [0, 0.05) is 20.3 Å². The SMILES string of the molecule is COCCC1(C(=O)NCC(C(=O)O)c2ccccc2)CC1. The van der Waals surface area contributed by atoms with Crippen LogP contribution in [0.2, 0.25) is 0 Å². The molecular weight excluding hydrogens is 270 g/mol. The molecule has 0 bridgehead atoms. The summed E-state index contributed by atoms with van der Waals surface area (Å²) in [7, 11) is 1.61. The average molecular weight is 291 g/mol. The molecule has 2 N–H and O–H groups in total. The molecule has 1 aromatic carbocycles. The zero-order valence-electron chi connectivity index (χ0n) is 12.2. The van der Waals surface area contributed by atoms with Crippen molar-refractivity contribution >= 4 is 11.9 Å². The van der Waals surface area contributed by atoms with Gasteiger partial charge in [-0.2, -0.15) is 0 Å². The second-order valence-electron chi connectivity index (χ2n) is 5.53. The largest absolute Gasteiger partial charge is 0.481 e. The van der Waals surface area contributed by atoms with Crippen LogP contribution in [0.5, 0.6) is 0 Å². The maximum absolute atomic E-state index is 12.2. The Balaban J connectivity index is 1.94. The minimum atomic E-state index is -0.928. The first kappa shape index (κ1) is 15.5. The van der Waals surface area contributed by atoms with Crippen LogP contribution in [-0.4, -0.2) is 37.2 Å². The predicted molar refractivity (Wildman–Crippen MR) is 78.0 cm³/mol. The summed E-state index contributed by atoms with van der Waals surface area (Å²) in [5, 5.41) is 12.1. The number of benzene rings is 1. The van der Waals surface area contributed by atoms with E-state index in [1.807, 2.05) is 6.07 Å². The summed E-state index contributed by atoms with van der Waals surface area (Å²) in [6.45, 7) is 0.668. The number of carbonyl (C=O) groups excluding carboxylic acids is 1. The lowest BCUT2D eigenvalue weighted by Crippen LogP contribution is -2.37. The van der Waals surface area contributed by atoms with Crippen LogP contribution in [0.3, 0.4) is 0 Å².